The van der Waals surface area contributed by atoms with Gasteiger partial charge in [-0.05, 0) is 30.0 Å². The molecule has 1 aromatic carbocycles. The molecule has 0 unspecified atom stereocenters. The minimum atomic E-state index is 0.413. The predicted molar refractivity (Wildman–Crippen MR) is 59.3 cm³/mol. The summed E-state index contributed by atoms with van der Waals surface area (Å²) in [6, 6.07) is 5.34. The SMILES string of the molecule is CCNc1ccc(N)c2c1ccn[n+]2[O-]. The van der Waals surface area contributed by atoms with Gasteiger partial charge in [0, 0.05) is 17.3 Å². The number of nitrogen functional groups attached to an aromatic ring is 1. The predicted octanol–water partition coefficient (Wildman–Crippen LogP) is 0.882. The van der Waals surface area contributed by atoms with Crippen LogP contribution in [0.1, 0.15) is 6.92 Å². The van der Waals surface area contributed by atoms with Crippen LogP contribution in [-0.4, -0.2) is 11.6 Å². The van der Waals surface area contributed by atoms with Crippen LogP contribution in [0, 0.1) is 5.21 Å². The van der Waals surface area contributed by atoms with Crippen molar-refractivity contribution in [2.24, 2.45) is 0 Å². The van der Waals surface area contributed by atoms with Gasteiger partial charge in [0.05, 0.1) is 11.6 Å². The summed E-state index contributed by atoms with van der Waals surface area (Å²) in [5.74, 6) is 0. The Hall–Kier alpha value is -2.04. The molecular formula is C10H12N4O. The van der Waals surface area contributed by atoms with Crippen molar-refractivity contribution in [1.82, 2.24) is 5.10 Å². The van der Waals surface area contributed by atoms with E-state index in [-0.39, 0.29) is 0 Å². The third-order valence-electron chi connectivity index (χ3n) is 2.22. The van der Waals surface area contributed by atoms with Gasteiger partial charge in [0.2, 0.25) is 0 Å². The molecule has 0 fully saturated rings. The van der Waals surface area contributed by atoms with Crippen LogP contribution < -0.4 is 15.9 Å². The maximum absolute atomic E-state index is 11.5. The maximum atomic E-state index is 11.5. The number of nitrogens with one attached hydrogen (secondary N) is 1. The van der Waals surface area contributed by atoms with Crippen LogP contribution in [0.2, 0.25) is 0 Å². The standard InChI is InChI=1S/C10H12N4O/c1-2-12-9-4-3-8(11)10-7(9)5-6-13-14(10)15/h3-6,12H,2,11H2,1H3. The monoisotopic (exact) mass is 204 g/mol. The van der Waals surface area contributed by atoms with Gasteiger partial charge in [-0.2, -0.15) is 0 Å². The molecule has 0 aliphatic heterocycles. The molecule has 0 aliphatic rings. The highest BCUT2D eigenvalue weighted by Gasteiger charge is 2.12. The van der Waals surface area contributed by atoms with E-state index >= 15 is 0 Å². The Morgan fingerprint density at radius 1 is 1.47 bits per heavy atom. The van der Waals surface area contributed by atoms with Crippen molar-refractivity contribution in [1.29, 1.82) is 0 Å². The van der Waals surface area contributed by atoms with Crippen LogP contribution in [0.5, 0.6) is 0 Å². The van der Waals surface area contributed by atoms with E-state index in [0.29, 0.717) is 16.0 Å². The van der Waals surface area contributed by atoms with Crippen molar-refractivity contribution in [2.75, 3.05) is 17.6 Å². The van der Waals surface area contributed by atoms with Crippen molar-refractivity contribution in [3.8, 4) is 0 Å². The van der Waals surface area contributed by atoms with Crippen molar-refractivity contribution in [3.05, 3.63) is 29.6 Å². The molecule has 5 heteroatoms. The lowest BCUT2D eigenvalue weighted by Crippen LogP contribution is -2.32. The largest absolute Gasteiger partial charge is 0.594 e. The molecule has 0 aliphatic carbocycles. The minimum Gasteiger partial charge on any atom is -0.594 e. The second-order valence-corrected chi connectivity index (χ2v) is 3.20. The van der Waals surface area contributed by atoms with Crippen molar-refractivity contribution < 1.29 is 4.85 Å². The summed E-state index contributed by atoms with van der Waals surface area (Å²) in [5.41, 5.74) is 7.48. The molecule has 0 radical (unpaired) electrons. The molecule has 0 saturated carbocycles. The third-order valence-corrected chi connectivity index (χ3v) is 2.22. The fraction of sp³-hybridized carbons (Fsp3) is 0.200. The fourth-order valence-electron chi connectivity index (χ4n) is 1.58. The first-order valence-electron chi connectivity index (χ1n) is 4.75. The van der Waals surface area contributed by atoms with Gasteiger partial charge in [-0.1, -0.05) is 0 Å². The molecule has 2 aromatic rings. The minimum absolute atomic E-state index is 0.413. The Morgan fingerprint density at radius 2 is 2.27 bits per heavy atom. The van der Waals surface area contributed by atoms with E-state index in [4.69, 9.17) is 5.73 Å². The van der Waals surface area contributed by atoms with Crippen LogP contribution in [-0.2, 0) is 0 Å². The van der Waals surface area contributed by atoms with Gasteiger partial charge in [0.25, 0.3) is 5.52 Å². The van der Waals surface area contributed by atoms with E-state index in [0.717, 1.165) is 17.6 Å². The van der Waals surface area contributed by atoms with E-state index < -0.39 is 0 Å². The zero-order valence-corrected chi connectivity index (χ0v) is 8.40. The number of rotatable bonds is 2. The van der Waals surface area contributed by atoms with Gasteiger partial charge in [0.1, 0.15) is 5.69 Å². The summed E-state index contributed by atoms with van der Waals surface area (Å²) in [7, 11) is 0. The molecule has 1 heterocycles. The average molecular weight is 204 g/mol. The van der Waals surface area contributed by atoms with E-state index in [1.165, 1.54) is 6.20 Å². The molecule has 0 spiro atoms. The normalized spacial score (nSPS) is 10.5. The third kappa shape index (κ3) is 1.52. The first-order valence-corrected chi connectivity index (χ1v) is 4.75. The highest BCUT2D eigenvalue weighted by molar-refractivity contribution is 5.96. The fourth-order valence-corrected chi connectivity index (χ4v) is 1.58. The second-order valence-electron chi connectivity index (χ2n) is 3.20. The number of hydrogen-bond donors (Lipinski definition) is 2. The van der Waals surface area contributed by atoms with E-state index in [9.17, 15) is 5.21 Å². The lowest BCUT2D eigenvalue weighted by atomic mass is 10.1. The molecule has 15 heavy (non-hydrogen) atoms. The molecule has 2 rings (SSSR count). The molecule has 3 N–H and O–H groups in total. The van der Waals surface area contributed by atoms with Crippen LogP contribution in [0.4, 0.5) is 11.4 Å². The highest BCUT2D eigenvalue weighted by atomic mass is 16.5. The summed E-state index contributed by atoms with van der Waals surface area (Å²) in [5, 5.41) is 19.0. The Labute approximate surface area is 87.1 Å². The summed E-state index contributed by atoms with van der Waals surface area (Å²) in [6.07, 6.45) is 1.47. The van der Waals surface area contributed by atoms with Crippen LogP contribution in [0.3, 0.4) is 0 Å². The average Bonchev–Trinajstić information content (AvgIpc) is 2.22. The lowest BCUT2D eigenvalue weighted by Gasteiger charge is -2.07. The van der Waals surface area contributed by atoms with Crippen LogP contribution >= 0.6 is 0 Å². The molecule has 5 nitrogen and oxygen atoms in total. The van der Waals surface area contributed by atoms with Crippen LogP contribution in [0.15, 0.2) is 24.4 Å². The summed E-state index contributed by atoms with van der Waals surface area (Å²) >= 11 is 0. The molecule has 0 saturated heterocycles. The zero-order valence-electron chi connectivity index (χ0n) is 8.40. The maximum Gasteiger partial charge on any atom is 0.276 e. The lowest BCUT2D eigenvalue weighted by molar-refractivity contribution is -0.642. The number of nitrogens with two attached hydrogens (primary N) is 1. The Kier molecular flexibility index (Phi) is 2.29. The molecule has 0 amide bonds. The molecule has 78 valence electrons. The van der Waals surface area contributed by atoms with Crippen molar-refractivity contribution in [3.63, 3.8) is 0 Å². The highest BCUT2D eigenvalue weighted by Crippen LogP contribution is 2.24. The van der Waals surface area contributed by atoms with Gasteiger partial charge in [-0.3, -0.25) is 0 Å². The summed E-state index contributed by atoms with van der Waals surface area (Å²) < 4.78 is 0. The Balaban J connectivity index is 2.76. The number of benzene rings is 1. The van der Waals surface area contributed by atoms with E-state index in [2.05, 4.69) is 10.4 Å². The second kappa shape index (κ2) is 3.61. The Morgan fingerprint density at radius 3 is 3.00 bits per heavy atom. The van der Waals surface area contributed by atoms with Gasteiger partial charge < -0.3 is 16.3 Å². The quantitative estimate of drug-likeness (QED) is 0.432. The topological polar surface area (TPSA) is 77.9 Å². The molecular weight excluding hydrogens is 192 g/mol. The summed E-state index contributed by atoms with van der Waals surface area (Å²) in [6.45, 7) is 2.79. The number of anilines is 2. The molecule has 0 atom stereocenters. The van der Waals surface area contributed by atoms with Crippen molar-refractivity contribution in [2.45, 2.75) is 6.92 Å². The van der Waals surface area contributed by atoms with Gasteiger partial charge in [-0.15, -0.1) is 0 Å². The first kappa shape index (κ1) is 9.51. The van der Waals surface area contributed by atoms with E-state index in [1.54, 1.807) is 12.1 Å². The zero-order chi connectivity index (χ0) is 10.8. The number of fused-ring (bicyclic) bond motifs is 1. The Bertz CT molecular complexity index is 490. The van der Waals surface area contributed by atoms with Crippen molar-refractivity contribution >= 4 is 22.3 Å². The van der Waals surface area contributed by atoms with Crippen LogP contribution in [0.25, 0.3) is 10.9 Å². The first-order chi connectivity index (χ1) is 7.24. The van der Waals surface area contributed by atoms with Gasteiger partial charge in [-0.25, -0.2) is 0 Å². The van der Waals surface area contributed by atoms with E-state index in [1.807, 2.05) is 13.0 Å². The molecule has 1 aromatic heterocycles. The number of aromatic nitrogens is 2. The molecule has 0 bridgehead atoms. The summed E-state index contributed by atoms with van der Waals surface area (Å²) in [4.78, 5) is 0.547. The number of hydrogen-bond acceptors (Lipinski definition) is 4. The van der Waals surface area contributed by atoms with Gasteiger partial charge >= 0.3 is 0 Å². The smallest absolute Gasteiger partial charge is 0.276 e. The van der Waals surface area contributed by atoms with Gasteiger partial charge in [0.15, 0.2) is 0 Å². The number of nitrogens with zero attached hydrogens (tertiary/aromatic N) is 2.